The van der Waals surface area contributed by atoms with Gasteiger partial charge >= 0.3 is 0 Å². The minimum absolute atomic E-state index is 0.110. The summed E-state index contributed by atoms with van der Waals surface area (Å²) in [6.07, 6.45) is 8.43. The molecule has 2 aromatic rings. The van der Waals surface area contributed by atoms with Crippen molar-refractivity contribution >= 4 is 23.2 Å². The molecule has 142 valence electrons. The molecule has 2 aliphatic rings. The highest BCUT2D eigenvalue weighted by Gasteiger charge is 2.52. The molecule has 2 bridgehead atoms. The Kier molecular flexibility index (Phi) is 4.46. The molecular weight excluding hydrogens is 362 g/mol. The maximum atomic E-state index is 12.7. The molecule has 0 unspecified atom stereocenters. The molecule has 8 heteroatoms. The Morgan fingerprint density at radius 3 is 2.30 bits per heavy atom. The van der Waals surface area contributed by atoms with E-state index in [4.69, 9.17) is 0 Å². The summed E-state index contributed by atoms with van der Waals surface area (Å²) < 4.78 is 0. The summed E-state index contributed by atoms with van der Waals surface area (Å²) in [7, 11) is 0. The third kappa shape index (κ3) is 3.58. The van der Waals surface area contributed by atoms with Crippen molar-refractivity contribution in [2.24, 2.45) is 0 Å². The van der Waals surface area contributed by atoms with Crippen molar-refractivity contribution in [3.63, 3.8) is 0 Å². The second-order valence-corrected chi connectivity index (χ2v) is 8.70. The fourth-order valence-corrected chi connectivity index (χ4v) is 5.15. The van der Waals surface area contributed by atoms with Crippen LogP contribution in [0.1, 0.15) is 70.2 Å². The minimum atomic E-state index is -0.285. The van der Waals surface area contributed by atoms with Crippen LogP contribution in [0.25, 0.3) is 0 Å². The van der Waals surface area contributed by atoms with E-state index in [1.807, 2.05) is 19.2 Å². The molecule has 2 N–H and O–H groups in total. The first-order valence-corrected chi connectivity index (χ1v) is 10.1. The van der Waals surface area contributed by atoms with E-state index in [1.54, 1.807) is 6.20 Å². The van der Waals surface area contributed by atoms with Gasteiger partial charge in [0, 0.05) is 28.3 Å². The lowest BCUT2D eigenvalue weighted by Crippen LogP contribution is -2.55. The van der Waals surface area contributed by atoms with Crippen LogP contribution < -0.4 is 10.6 Å². The SMILES string of the molecule is Cc1cncc(C(=O)N[C@@]23CCC[C@@](NC(=O)c4nc(C)cs4)(CC2)C3)n1. The van der Waals surface area contributed by atoms with Crippen LogP contribution in [0.3, 0.4) is 0 Å². The van der Waals surface area contributed by atoms with Gasteiger partial charge in [-0.05, 0) is 52.4 Å². The van der Waals surface area contributed by atoms with Crippen molar-refractivity contribution in [2.45, 2.75) is 63.5 Å². The van der Waals surface area contributed by atoms with Gasteiger partial charge in [0.25, 0.3) is 11.8 Å². The van der Waals surface area contributed by atoms with Crippen LogP contribution in [0.4, 0.5) is 0 Å². The number of rotatable bonds is 4. The van der Waals surface area contributed by atoms with Crippen molar-refractivity contribution in [1.29, 1.82) is 0 Å². The number of amides is 2. The first-order valence-electron chi connectivity index (χ1n) is 9.25. The standard InChI is InChI=1S/C19H23N5O2S/c1-12-8-20-9-14(21-12)15(25)23-18-4-3-5-19(11-18,7-6-18)24-16(26)17-22-13(2)10-27-17/h8-10H,3-7,11H2,1-2H3,(H,23,25)(H,24,26)/t18-,19+/m0/s1. The Morgan fingerprint density at radius 2 is 1.67 bits per heavy atom. The fourth-order valence-electron chi connectivity index (χ4n) is 4.46. The van der Waals surface area contributed by atoms with Gasteiger partial charge in [0.2, 0.25) is 0 Å². The van der Waals surface area contributed by atoms with Gasteiger partial charge in [0.15, 0.2) is 5.01 Å². The molecule has 7 nitrogen and oxygen atoms in total. The maximum Gasteiger partial charge on any atom is 0.280 e. The lowest BCUT2D eigenvalue weighted by molar-refractivity contribution is 0.0829. The second kappa shape index (κ2) is 6.67. The van der Waals surface area contributed by atoms with Gasteiger partial charge in [-0.15, -0.1) is 11.3 Å². The average Bonchev–Trinajstić information content (AvgIpc) is 3.16. The number of aromatic nitrogens is 3. The first kappa shape index (κ1) is 18.0. The Hall–Kier alpha value is -2.35. The Labute approximate surface area is 162 Å². The van der Waals surface area contributed by atoms with E-state index in [2.05, 4.69) is 25.6 Å². The van der Waals surface area contributed by atoms with E-state index in [0.29, 0.717) is 10.7 Å². The Morgan fingerprint density at radius 1 is 0.963 bits per heavy atom. The van der Waals surface area contributed by atoms with Crippen LogP contribution in [-0.2, 0) is 0 Å². The van der Waals surface area contributed by atoms with Gasteiger partial charge in [-0.25, -0.2) is 9.97 Å². The van der Waals surface area contributed by atoms with Crippen molar-refractivity contribution in [2.75, 3.05) is 0 Å². The largest absolute Gasteiger partial charge is 0.345 e. The van der Waals surface area contributed by atoms with Gasteiger partial charge in [-0.3, -0.25) is 14.6 Å². The zero-order valence-corrected chi connectivity index (χ0v) is 16.4. The molecule has 2 heterocycles. The lowest BCUT2D eigenvalue weighted by Gasteiger charge is -2.40. The van der Waals surface area contributed by atoms with Crippen molar-refractivity contribution in [3.8, 4) is 0 Å². The number of nitrogens with zero attached hydrogens (tertiary/aromatic N) is 3. The quantitative estimate of drug-likeness (QED) is 0.843. The molecule has 4 rings (SSSR count). The zero-order valence-electron chi connectivity index (χ0n) is 15.5. The second-order valence-electron chi connectivity index (χ2n) is 7.84. The van der Waals surface area contributed by atoms with Crippen molar-refractivity contribution in [1.82, 2.24) is 25.6 Å². The Balaban J connectivity index is 1.48. The minimum Gasteiger partial charge on any atom is -0.345 e. The third-order valence-electron chi connectivity index (χ3n) is 5.63. The summed E-state index contributed by atoms with van der Waals surface area (Å²) >= 11 is 1.37. The number of aryl methyl sites for hydroxylation is 2. The molecule has 2 fully saturated rings. The third-order valence-corrected chi connectivity index (χ3v) is 6.59. The highest BCUT2D eigenvalue weighted by Crippen LogP contribution is 2.48. The van der Waals surface area contributed by atoms with E-state index in [-0.39, 0.29) is 22.9 Å². The zero-order chi connectivity index (χ0) is 19.1. The number of hydrogen-bond donors (Lipinski definition) is 2. The van der Waals surface area contributed by atoms with Crippen molar-refractivity contribution in [3.05, 3.63) is 39.9 Å². The predicted molar refractivity (Wildman–Crippen MR) is 102 cm³/mol. The summed E-state index contributed by atoms with van der Waals surface area (Å²) in [6.45, 7) is 3.70. The summed E-state index contributed by atoms with van der Waals surface area (Å²) in [5, 5.41) is 8.82. The maximum absolute atomic E-state index is 12.7. The topological polar surface area (TPSA) is 96.9 Å². The molecule has 2 saturated carbocycles. The summed E-state index contributed by atoms with van der Waals surface area (Å²) in [5.41, 5.74) is 1.37. The van der Waals surface area contributed by atoms with Crippen molar-refractivity contribution < 1.29 is 9.59 Å². The van der Waals surface area contributed by atoms with E-state index in [9.17, 15) is 9.59 Å². The van der Waals surface area contributed by atoms with Crippen LogP contribution in [0.2, 0.25) is 0 Å². The molecule has 2 aliphatic carbocycles. The normalized spacial score (nSPS) is 26.6. The number of fused-ring (bicyclic) bond motifs is 2. The van der Waals surface area contributed by atoms with Gasteiger partial charge < -0.3 is 10.6 Å². The van der Waals surface area contributed by atoms with Crippen LogP contribution in [-0.4, -0.2) is 37.8 Å². The van der Waals surface area contributed by atoms with Crippen LogP contribution in [0, 0.1) is 13.8 Å². The van der Waals surface area contributed by atoms with Gasteiger partial charge in [-0.2, -0.15) is 0 Å². The van der Waals surface area contributed by atoms with E-state index in [0.717, 1.165) is 49.9 Å². The van der Waals surface area contributed by atoms with E-state index in [1.165, 1.54) is 17.5 Å². The van der Waals surface area contributed by atoms with E-state index < -0.39 is 0 Å². The molecule has 27 heavy (non-hydrogen) atoms. The molecule has 0 radical (unpaired) electrons. The molecule has 0 saturated heterocycles. The summed E-state index contributed by atoms with van der Waals surface area (Å²) in [6, 6.07) is 0. The van der Waals surface area contributed by atoms with Crippen LogP contribution >= 0.6 is 11.3 Å². The molecule has 2 amide bonds. The summed E-state index contributed by atoms with van der Waals surface area (Å²) in [5.74, 6) is -0.299. The molecule has 0 spiro atoms. The highest BCUT2D eigenvalue weighted by atomic mass is 32.1. The van der Waals surface area contributed by atoms with Gasteiger partial charge in [0.1, 0.15) is 5.69 Å². The number of thiazole rings is 1. The molecular formula is C19H23N5O2S. The van der Waals surface area contributed by atoms with Gasteiger partial charge in [0.05, 0.1) is 11.9 Å². The number of carbonyl (C=O) groups is 2. The number of nitrogens with one attached hydrogen (secondary N) is 2. The molecule has 2 atom stereocenters. The first-order chi connectivity index (χ1) is 12.9. The average molecular weight is 385 g/mol. The molecule has 2 aromatic heterocycles. The number of hydrogen-bond acceptors (Lipinski definition) is 6. The smallest absolute Gasteiger partial charge is 0.280 e. The fraction of sp³-hybridized carbons (Fsp3) is 0.526. The van der Waals surface area contributed by atoms with Crippen LogP contribution in [0.5, 0.6) is 0 Å². The van der Waals surface area contributed by atoms with Crippen LogP contribution in [0.15, 0.2) is 17.8 Å². The summed E-state index contributed by atoms with van der Waals surface area (Å²) in [4.78, 5) is 37.9. The predicted octanol–water partition coefficient (Wildman–Crippen LogP) is 2.56. The lowest BCUT2D eigenvalue weighted by atomic mass is 9.78. The molecule has 0 aliphatic heterocycles. The van der Waals surface area contributed by atoms with Gasteiger partial charge in [-0.1, -0.05) is 0 Å². The monoisotopic (exact) mass is 385 g/mol. The number of carbonyl (C=O) groups excluding carboxylic acids is 2. The Bertz CT molecular complexity index is 898. The van der Waals surface area contributed by atoms with E-state index >= 15 is 0 Å². The highest BCUT2D eigenvalue weighted by molar-refractivity contribution is 7.11. The molecule has 0 aromatic carbocycles.